The normalized spacial score (nSPS) is 19.7. The standard InChI is InChI=1S/C75H54O48/c76-26-1-17(2-27(77)44(26)88)65(102)111-15-40-53(97)61(118-66(103)18-3-28(78)45(89)29(79)4-18)63-74(115-40)123-69(106)21-9-34(84)48(92)38(10-21)113-59-25(73(110)120-63)14-39(52(96)57(59)101)114-58-24(13-37(87)51(95)56(58)100)72(109)121-64-62(119-67(104)19-5-30(80)46(90)31(81)6-19)60-41(116-75(64)122-68(105)20-7-32(82)47(91)33(83)8-20)16-112-70(107)22-11-35(85)49(93)54(98)42(22)43-23(71(108)117-60)12-36(86)50(94)55(43)99/h1-14,40-41,53,60-64,74-101H,15-16H2/t40-,41-,53-,60-,61+,62+,63-,64-,74+,75+/m1/s1. The number of carbonyl (C=O) groups excluding carboxylic acids is 9. The molecule has 2 fully saturated rings. The Morgan fingerprint density at radius 2 is 0.780 bits per heavy atom. The number of aromatic hydroxyl groups is 25. The lowest BCUT2D eigenvalue weighted by Gasteiger charge is -2.43. The first-order chi connectivity index (χ1) is 57.9. The van der Waals surface area contributed by atoms with E-state index in [0.29, 0.717) is 66.7 Å². The predicted molar refractivity (Wildman–Crippen MR) is 379 cm³/mol. The van der Waals surface area contributed by atoms with Crippen molar-refractivity contribution in [2.75, 3.05) is 13.2 Å². The van der Waals surface area contributed by atoms with Crippen LogP contribution in [-0.2, 0) is 52.1 Å². The van der Waals surface area contributed by atoms with E-state index in [0.717, 1.165) is 0 Å². The Kier molecular flexibility index (Phi) is 21.5. The zero-order chi connectivity index (χ0) is 89.6. The maximum Gasteiger partial charge on any atom is 0.342 e. The second kappa shape index (κ2) is 31.6. The fourth-order valence-electron chi connectivity index (χ4n) is 12.5. The number of hydrogen-bond acceptors (Lipinski definition) is 48. The van der Waals surface area contributed by atoms with Crippen LogP contribution in [0.3, 0.4) is 0 Å². The number of carbonyl (C=O) groups is 9. The molecule has 48 heteroatoms. The van der Waals surface area contributed by atoms with Crippen molar-refractivity contribution >= 4 is 53.7 Å². The molecule has 123 heavy (non-hydrogen) atoms. The molecule has 0 spiro atoms. The summed E-state index contributed by atoms with van der Waals surface area (Å²) in [5.74, 6) is -58.5. The first-order valence-electron chi connectivity index (χ1n) is 34.1. The van der Waals surface area contributed by atoms with Crippen LogP contribution in [0.25, 0.3) is 11.1 Å². The third kappa shape index (κ3) is 15.3. The zero-order valence-corrected chi connectivity index (χ0v) is 60.4. The SMILES string of the molecule is O=C(OC[C@H]1O[C@H]2OC(=O)c3cc(O)c(O)c(c3)Oc3c(cc(Oc4c(C(=O)O[C@H]5[C@H](OC(=O)c6cc(O)c(O)c(O)c6)O[C@@H]6COC(=O)c7cc(O)c(O)c(O)c7-c7c(cc(O)c(O)c7O)C(=O)O[C@H]6[C@@H]5OC(=O)c5cc(O)c(O)c(O)c5)cc(O)c(O)c4O)c(O)c3O)C(=O)O[C@@H]2[C@@H](OC(=O)c2cc(O)c(O)c(O)c2)[C@@H]1O)c1cc(O)c(O)c(O)c1. The van der Waals surface area contributed by atoms with Gasteiger partial charge in [-0.1, -0.05) is 0 Å². The highest BCUT2D eigenvalue weighted by molar-refractivity contribution is 6.09. The van der Waals surface area contributed by atoms with Gasteiger partial charge in [-0.05, 0) is 72.8 Å². The maximum absolute atomic E-state index is 15.5. The Morgan fingerprint density at radius 3 is 1.29 bits per heavy atom. The Labute approximate surface area is 676 Å². The van der Waals surface area contributed by atoms with Gasteiger partial charge in [0.15, 0.2) is 145 Å². The summed E-state index contributed by atoms with van der Waals surface area (Å²) < 4.78 is 73.4. The van der Waals surface area contributed by atoms with Crippen molar-refractivity contribution < 1.29 is 237 Å². The van der Waals surface area contributed by atoms with Gasteiger partial charge in [0, 0.05) is 23.3 Å². The van der Waals surface area contributed by atoms with E-state index in [-0.39, 0.29) is 18.2 Å². The Bertz CT molecular complexity index is 5940. The molecule has 9 aromatic carbocycles. The molecule has 26 N–H and O–H groups in total. The van der Waals surface area contributed by atoms with Crippen LogP contribution in [0.5, 0.6) is 167 Å². The summed E-state index contributed by atoms with van der Waals surface area (Å²) in [7, 11) is 0. The average molecular weight is 1720 g/mol. The minimum atomic E-state index is -3.09. The van der Waals surface area contributed by atoms with Gasteiger partial charge in [0.2, 0.25) is 65.0 Å². The quantitative estimate of drug-likeness (QED) is 0.0448. The van der Waals surface area contributed by atoms with Gasteiger partial charge < -0.3 is 194 Å². The van der Waals surface area contributed by atoms with Crippen LogP contribution in [0.1, 0.15) is 93.2 Å². The summed E-state index contributed by atoms with van der Waals surface area (Å²) in [6.45, 7) is -2.83. The van der Waals surface area contributed by atoms with E-state index < -0.39 is 356 Å². The number of esters is 9. The third-order valence-corrected chi connectivity index (χ3v) is 18.6. The highest BCUT2D eigenvalue weighted by atomic mass is 16.8. The molecule has 13 rings (SSSR count). The summed E-state index contributed by atoms with van der Waals surface area (Å²) in [6.07, 6.45) is -27.4. The zero-order valence-electron chi connectivity index (χ0n) is 60.4. The average Bonchev–Trinajstić information content (AvgIpc) is 1.74. The van der Waals surface area contributed by atoms with Gasteiger partial charge in [0.1, 0.15) is 42.7 Å². The molecule has 0 aromatic heterocycles. The van der Waals surface area contributed by atoms with E-state index in [1.165, 1.54) is 0 Å². The molecule has 0 aliphatic carbocycles. The molecule has 4 aliphatic rings. The molecule has 2 saturated heterocycles. The number of phenolic OH excluding ortho intramolecular Hbond substituents is 25. The van der Waals surface area contributed by atoms with E-state index >= 15 is 14.4 Å². The minimum absolute atomic E-state index is 0.0886. The van der Waals surface area contributed by atoms with E-state index in [2.05, 4.69) is 0 Å². The number of aliphatic hydroxyl groups excluding tert-OH is 1. The Morgan fingerprint density at radius 1 is 0.358 bits per heavy atom. The molecule has 4 aliphatic heterocycles. The van der Waals surface area contributed by atoms with Crippen LogP contribution in [0.2, 0.25) is 0 Å². The topological polar surface area (TPSA) is 800 Å². The van der Waals surface area contributed by atoms with Crippen LogP contribution >= 0.6 is 0 Å². The molecule has 0 unspecified atom stereocenters. The number of fused-ring (bicyclic) bond motifs is 8. The summed E-state index contributed by atoms with van der Waals surface area (Å²) in [6, 6.07) is 5.46. The fourth-order valence-corrected chi connectivity index (χ4v) is 12.5. The predicted octanol–water partition coefficient (Wildman–Crippen LogP) is 3.17. The second-order valence-electron chi connectivity index (χ2n) is 26.4. The maximum atomic E-state index is 15.5. The van der Waals surface area contributed by atoms with Crippen LogP contribution in [0.4, 0.5) is 0 Å². The molecule has 9 aromatic rings. The molecule has 0 saturated carbocycles. The lowest BCUT2D eigenvalue weighted by molar-refractivity contribution is -0.283. The van der Waals surface area contributed by atoms with Gasteiger partial charge in [-0.2, -0.15) is 0 Å². The van der Waals surface area contributed by atoms with E-state index in [4.69, 9.17) is 61.6 Å². The highest BCUT2D eigenvalue weighted by Crippen LogP contribution is 2.57. The van der Waals surface area contributed by atoms with Crippen LogP contribution < -0.4 is 9.47 Å². The van der Waals surface area contributed by atoms with Crippen molar-refractivity contribution in [3.63, 3.8) is 0 Å². The summed E-state index contributed by atoms with van der Waals surface area (Å²) in [4.78, 5) is 131. The summed E-state index contributed by atoms with van der Waals surface area (Å²) in [5, 5.41) is 282. The van der Waals surface area contributed by atoms with Crippen molar-refractivity contribution in [2.45, 2.75) is 61.4 Å². The largest absolute Gasteiger partial charge is 0.504 e. The van der Waals surface area contributed by atoms with E-state index in [9.17, 15) is 162 Å². The van der Waals surface area contributed by atoms with Crippen molar-refractivity contribution in [1.82, 2.24) is 0 Å². The van der Waals surface area contributed by atoms with Crippen molar-refractivity contribution in [2.24, 2.45) is 0 Å². The number of hydrogen-bond donors (Lipinski definition) is 26. The first-order valence-corrected chi connectivity index (χ1v) is 34.1. The molecule has 4 heterocycles. The molecule has 642 valence electrons. The lowest BCUT2D eigenvalue weighted by Crippen LogP contribution is -2.63. The third-order valence-electron chi connectivity index (χ3n) is 18.6. The van der Waals surface area contributed by atoms with Gasteiger partial charge >= 0.3 is 53.7 Å². The first kappa shape index (κ1) is 83.6. The monoisotopic (exact) mass is 1720 g/mol. The number of cyclic esters (lactones) is 1. The van der Waals surface area contributed by atoms with Gasteiger partial charge in [-0.15, -0.1) is 0 Å². The van der Waals surface area contributed by atoms with E-state index in [1.807, 2.05) is 0 Å². The number of aliphatic hydroxyl groups is 1. The Hall–Kier alpha value is -17.3. The number of ether oxygens (including phenoxy) is 13. The van der Waals surface area contributed by atoms with Gasteiger partial charge in [0.25, 0.3) is 0 Å². The van der Waals surface area contributed by atoms with E-state index in [1.54, 1.807) is 0 Å². The lowest BCUT2D eigenvalue weighted by atomic mass is 9.92. The number of phenols is 25. The van der Waals surface area contributed by atoms with Crippen LogP contribution in [-0.4, -0.2) is 261 Å². The Balaban J connectivity index is 0.944. The van der Waals surface area contributed by atoms with Crippen molar-refractivity contribution in [1.29, 1.82) is 0 Å². The summed E-state index contributed by atoms with van der Waals surface area (Å²) >= 11 is 0. The molecule has 2 bridgehead atoms. The summed E-state index contributed by atoms with van der Waals surface area (Å²) in [5.41, 5.74) is -12.7. The second-order valence-corrected chi connectivity index (χ2v) is 26.4. The van der Waals surface area contributed by atoms with Crippen LogP contribution in [0.15, 0.2) is 84.9 Å². The van der Waals surface area contributed by atoms with Crippen molar-refractivity contribution in [3.8, 4) is 178 Å². The molecular weight excluding hydrogens is 1670 g/mol. The van der Waals surface area contributed by atoms with Crippen LogP contribution in [0, 0.1) is 0 Å². The van der Waals surface area contributed by atoms with Gasteiger partial charge in [0.05, 0.1) is 38.9 Å². The molecule has 48 nitrogen and oxygen atoms in total. The van der Waals surface area contributed by atoms with Gasteiger partial charge in [-0.25, -0.2) is 43.2 Å². The molecule has 0 radical (unpaired) electrons. The minimum Gasteiger partial charge on any atom is -0.504 e. The van der Waals surface area contributed by atoms with Gasteiger partial charge in [-0.3, -0.25) is 0 Å². The number of rotatable bonds is 13. The number of benzene rings is 9. The molecular formula is C75H54O48. The molecule has 0 amide bonds. The fraction of sp³-hybridized carbons (Fsp3) is 0.160. The smallest absolute Gasteiger partial charge is 0.342 e. The molecule has 10 atom stereocenters. The highest BCUT2D eigenvalue weighted by Gasteiger charge is 2.57. The van der Waals surface area contributed by atoms with Crippen molar-refractivity contribution in [3.05, 3.63) is 135 Å².